The molecule has 0 aliphatic carbocycles. The van der Waals surface area contributed by atoms with Crippen LogP contribution < -0.4 is 0 Å². The molecule has 108 valence electrons. The van der Waals surface area contributed by atoms with Gasteiger partial charge in [0.15, 0.2) is 0 Å². The van der Waals surface area contributed by atoms with Gasteiger partial charge in [-0.2, -0.15) is 0 Å². The molecule has 0 unspecified atom stereocenters. The van der Waals surface area contributed by atoms with Crippen molar-refractivity contribution in [3.63, 3.8) is 0 Å². The molecule has 0 aromatic carbocycles. The van der Waals surface area contributed by atoms with Crippen molar-refractivity contribution in [3.05, 3.63) is 51.5 Å². The van der Waals surface area contributed by atoms with Crippen molar-refractivity contribution in [1.29, 1.82) is 0 Å². The van der Waals surface area contributed by atoms with Crippen molar-refractivity contribution in [1.82, 2.24) is 9.88 Å². The number of hydrogen-bond donors (Lipinski definition) is 1. The van der Waals surface area contributed by atoms with Gasteiger partial charge in [-0.3, -0.25) is 9.78 Å². The van der Waals surface area contributed by atoms with Gasteiger partial charge in [-0.25, -0.2) is 0 Å². The van der Waals surface area contributed by atoms with Crippen molar-refractivity contribution < 1.29 is 9.90 Å². The zero-order valence-electron chi connectivity index (χ0n) is 12.0. The normalized spacial score (nSPS) is 9.86. The summed E-state index contributed by atoms with van der Waals surface area (Å²) in [5, 5.41) is 8.67. The Morgan fingerprint density at radius 2 is 2.19 bits per heavy atom. The van der Waals surface area contributed by atoms with E-state index in [1.807, 2.05) is 25.1 Å². The number of nitrogens with zero attached hydrogens (tertiary/aromatic N) is 2. The predicted molar refractivity (Wildman–Crippen MR) is 83.1 cm³/mol. The highest BCUT2D eigenvalue weighted by molar-refractivity contribution is 7.14. The average Bonchev–Trinajstić information content (AvgIpc) is 2.93. The van der Waals surface area contributed by atoms with Crippen LogP contribution in [0.3, 0.4) is 0 Å². The topological polar surface area (TPSA) is 53.4 Å². The van der Waals surface area contributed by atoms with E-state index in [1.165, 1.54) is 11.3 Å². The van der Waals surface area contributed by atoms with E-state index in [1.54, 1.807) is 24.1 Å². The summed E-state index contributed by atoms with van der Waals surface area (Å²) in [4.78, 5) is 19.8. The number of aromatic nitrogens is 1. The molecule has 2 rings (SSSR count). The van der Waals surface area contributed by atoms with Crippen molar-refractivity contribution in [2.24, 2.45) is 0 Å². The zero-order valence-corrected chi connectivity index (χ0v) is 12.8. The Labute approximate surface area is 128 Å². The maximum absolute atomic E-state index is 12.3. The van der Waals surface area contributed by atoms with Gasteiger partial charge < -0.3 is 10.0 Å². The number of hydrogen-bond acceptors (Lipinski definition) is 4. The SMILES string of the molecule is Cc1cccc(CN(C)C(=O)c2ccc(C#CCO)s2)n1. The van der Waals surface area contributed by atoms with Gasteiger partial charge in [-0.05, 0) is 31.2 Å². The molecule has 0 saturated heterocycles. The second kappa shape index (κ2) is 7.02. The van der Waals surface area contributed by atoms with Gasteiger partial charge in [0, 0.05) is 12.7 Å². The van der Waals surface area contributed by atoms with Crippen LogP contribution in [0.2, 0.25) is 0 Å². The number of thiophene rings is 1. The fourth-order valence-corrected chi connectivity index (χ4v) is 2.71. The van der Waals surface area contributed by atoms with Crippen LogP contribution in [0.1, 0.15) is 25.9 Å². The minimum atomic E-state index is -0.180. The van der Waals surface area contributed by atoms with Crippen molar-refractivity contribution in [3.8, 4) is 11.8 Å². The molecule has 4 nitrogen and oxygen atoms in total. The first-order chi connectivity index (χ1) is 10.1. The van der Waals surface area contributed by atoms with E-state index in [4.69, 9.17) is 5.11 Å². The fraction of sp³-hybridized carbons (Fsp3) is 0.250. The summed E-state index contributed by atoms with van der Waals surface area (Å²) in [5.41, 5.74) is 1.80. The summed E-state index contributed by atoms with van der Waals surface area (Å²) in [5.74, 6) is 5.32. The Morgan fingerprint density at radius 3 is 2.90 bits per heavy atom. The molecule has 0 aliphatic heterocycles. The molecule has 0 atom stereocenters. The van der Waals surface area contributed by atoms with E-state index >= 15 is 0 Å². The highest BCUT2D eigenvalue weighted by Crippen LogP contribution is 2.18. The van der Waals surface area contributed by atoms with Crippen molar-refractivity contribution in [2.45, 2.75) is 13.5 Å². The summed E-state index contributed by atoms with van der Waals surface area (Å²) in [6.45, 7) is 2.22. The molecular formula is C16H16N2O2S. The molecular weight excluding hydrogens is 284 g/mol. The van der Waals surface area contributed by atoms with E-state index < -0.39 is 0 Å². The number of carbonyl (C=O) groups excluding carboxylic acids is 1. The summed E-state index contributed by atoms with van der Waals surface area (Å²) in [7, 11) is 1.76. The molecule has 2 heterocycles. The van der Waals surface area contributed by atoms with Crippen molar-refractivity contribution >= 4 is 17.2 Å². The minimum Gasteiger partial charge on any atom is -0.384 e. The number of amides is 1. The third kappa shape index (κ3) is 4.15. The number of rotatable bonds is 3. The van der Waals surface area contributed by atoms with Crippen LogP contribution in [-0.4, -0.2) is 34.6 Å². The number of aliphatic hydroxyl groups is 1. The van der Waals surface area contributed by atoms with Gasteiger partial charge >= 0.3 is 0 Å². The van der Waals surface area contributed by atoms with E-state index in [2.05, 4.69) is 16.8 Å². The lowest BCUT2D eigenvalue weighted by Gasteiger charge is -2.15. The van der Waals surface area contributed by atoms with Crippen LogP contribution in [0.4, 0.5) is 0 Å². The Bertz CT molecular complexity index is 698. The number of aliphatic hydroxyl groups excluding tert-OH is 1. The molecule has 5 heteroatoms. The standard InChI is InChI=1S/C16H16N2O2S/c1-12-5-3-6-13(17-12)11-18(2)16(20)15-9-8-14(21-15)7-4-10-19/h3,5-6,8-9,19H,10-11H2,1-2H3. The largest absolute Gasteiger partial charge is 0.384 e. The summed E-state index contributed by atoms with van der Waals surface area (Å²) in [6.07, 6.45) is 0. The Balaban J connectivity index is 2.07. The lowest BCUT2D eigenvalue weighted by molar-refractivity contribution is 0.0788. The first-order valence-electron chi connectivity index (χ1n) is 6.47. The monoisotopic (exact) mass is 300 g/mol. The maximum Gasteiger partial charge on any atom is 0.264 e. The van der Waals surface area contributed by atoms with E-state index in [0.717, 1.165) is 16.3 Å². The van der Waals surface area contributed by atoms with Gasteiger partial charge in [-0.1, -0.05) is 17.9 Å². The van der Waals surface area contributed by atoms with Crippen LogP contribution in [0.25, 0.3) is 0 Å². The molecule has 0 saturated carbocycles. The molecule has 0 spiro atoms. The Hall–Kier alpha value is -2.16. The van der Waals surface area contributed by atoms with E-state index in [-0.39, 0.29) is 12.5 Å². The highest BCUT2D eigenvalue weighted by atomic mass is 32.1. The summed E-state index contributed by atoms with van der Waals surface area (Å²) < 4.78 is 0. The summed E-state index contributed by atoms with van der Waals surface area (Å²) in [6, 6.07) is 9.32. The molecule has 0 aliphatic rings. The van der Waals surface area contributed by atoms with E-state index in [9.17, 15) is 4.79 Å². The van der Waals surface area contributed by atoms with Crippen LogP contribution in [-0.2, 0) is 6.54 Å². The molecule has 0 bridgehead atoms. The molecule has 0 radical (unpaired) electrons. The Kier molecular flexibility index (Phi) is 5.09. The Morgan fingerprint density at radius 1 is 1.38 bits per heavy atom. The lowest BCUT2D eigenvalue weighted by atomic mass is 10.3. The van der Waals surface area contributed by atoms with Crippen LogP contribution in [0.15, 0.2) is 30.3 Å². The van der Waals surface area contributed by atoms with Crippen LogP contribution in [0, 0.1) is 18.8 Å². The number of pyridine rings is 1. The molecule has 1 N–H and O–H groups in total. The van der Waals surface area contributed by atoms with Gasteiger partial charge in [0.05, 0.1) is 22.0 Å². The second-order valence-corrected chi connectivity index (χ2v) is 5.64. The molecule has 1 amide bonds. The molecule has 21 heavy (non-hydrogen) atoms. The average molecular weight is 300 g/mol. The fourth-order valence-electron chi connectivity index (χ4n) is 1.84. The summed E-state index contributed by atoms with van der Waals surface area (Å²) >= 11 is 1.33. The molecule has 2 aromatic rings. The van der Waals surface area contributed by atoms with Crippen LogP contribution >= 0.6 is 11.3 Å². The van der Waals surface area contributed by atoms with E-state index in [0.29, 0.717) is 11.4 Å². The maximum atomic E-state index is 12.3. The smallest absolute Gasteiger partial charge is 0.264 e. The molecule has 0 fully saturated rings. The third-order valence-electron chi connectivity index (χ3n) is 2.80. The quantitative estimate of drug-likeness (QED) is 0.883. The zero-order chi connectivity index (χ0) is 15.2. The highest BCUT2D eigenvalue weighted by Gasteiger charge is 2.14. The van der Waals surface area contributed by atoms with Crippen molar-refractivity contribution in [2.75, 3.05) is 13.7 Å². The van der Waals surface area contributed by atoms with Gasteiger partial charge in [0.1, 0.15) is 6.61 Å². The third-order valence-corrected chi connectivity index (χ3v) is 3.79. The first kappa shape index (κ1) is 15.2. The second-order valence-electron chi connectivity index (χ2n) is 4.56. The number of aryl methyl sites for hydroxylation is 1. The first-order valence-corrected chi connectivity index (χ1v) is 7.29. The number of carbonyl (C=O) groups is 1. The minimum absolute atomic E-state index is 0.0552. The van der Waals surface area contributed by atoms with Gasteiger partial charge in [0.25, 0.3) is 5.91 Å². The lowest BCUT2D eigenvalue weighted by Crippen LogP contribution is -2.25. The van der Waals surface area contributed by atoms with Gasteiger partial charge in [0.2, 0.25) is 0 Å². The molecule has 2 aromatic heterocycles. The predicted octanol–water partition coefficient (Wildman–Crippen LogP) is 2.07. The van der Waals surface area contributed by atoms with Crippen LogP contribution in [0.5, 0.6) is 0 Å². The van der Waals surface area contributed by atoms with Gasteiger partial charge in [-0.15, -0.1) is 11.3 Å².